The van der Waals surface area contributed by atoms with Gasteiger partial charge in [-0.15, -0.1) is 0 Å². The zero-order chi connectivity index (χ0) is 25.5. The number of ether oxygens (including phenoxy) is 2. The van der Waals surface area contributed by atoms with Crippen LogP contribution in [0.15, 0.2) is 46.1 Å². The number of aryl methyl sites for hydroxylation is 1. The van der Waals surface area contributed by atoms with E-state index in [0.717, 1.165) is 38.4 Å². The molecular weight excluding hydrogens is 477 g/mol. The van der Waals surface area contributed by atoms with Crippen LogP contribution in [0.2, 0.25) is 0 Å². The molecule has 182 valence electrons. The fourth-order valence-corrected chi connectivity index (χ4v) is 3.63. The van der Waals surface area contributed by atoms with Gasteiger partial charge in [-0.3, -0.25) is 4.79 Å². The van der Waals surface area contributed by atoms with Gasteiger partial charge >= 0.3 is 6.18 Å². The lowest BCUT2D eigenvalue weighted by molar-refractivity contribution is -0.141. The van der Waals surface area contributed by atoms with E-state index in [1.54, 1.807) is 0 Å². The molecule has 7 nitrogen and oxygen atoms in total. The molecule has 1 N–H and O–H groups in total. The zero-order valence-electron chi connectivity index (χ0n) is 18.4. The maximum Gasteiger partial charge on any atom is 0.433 e. The fraction of sp³-hybridized carbons (Fsp3) is 0.174. The topological polar surface area (TPSA) is 90.2 Å². The summed E-state index contributed by atoms with van der Waals surface area (Å²) in [5.74, 6) is -3.71. The molecule has 1 aromatic carbocycles. The molecule has 35 heavy (non-hydrogen) atoms. The Balaban J connectivity index is 1.94. The Morgan fingerprint density at radius 1 is 1.06 bits per heavy atom. The van der Waals surface area contributed by atoms with Crippen LogP contribution in [0.1, 0.15) is 17.0 Å². The van der Waals surface area contributed by atoms with Crippen LogP contribution in [0.25, 0.3) is 22.7 Å². The summed E-state index contributed by atoms with van der Waals surface area (Å²) in [5, 5.41) is 0. The molecule has 3 aromatic heterocycles. The Morgan fingerprint density at radius 2 is 1.80 bits per heavy atom. The molecule has 4 aromatic rings. The van der Waals surface area contributed by atoms with E-state index in [2.05, 4.69) is 15.0 Å². The monoisotopic (exact) mass is 493 g/mol. The number of methoxy groups -OCH3 is 1. The van der Waals surface area contributed by atoms with Crippen LogP contribution in [-0.2, 0) is 6.18 Å². The predicted octanol–water partition coefficient (Wildman–Crippen LogP) is 5.81. The molecule has 0 amide bonds. The number of pyridine rings is 2. The molecule has 0 aliphatic carbocycles. The van der Waals surface area contributed by atoms with Crippen molar-refractivity contribution in [2.45, 2.75) is 20.0 Å². The first-order valence-electron chi connectivity index (χ1n) is 9.93. The van der Waals surface area contributed by atoms with E-state index in [1.807, 2.05) is 0 Å². The van der Waals surface area contributed by atoms with Crippen molar-refractivity contribution in [2.24, 2.45) is 0 Å². The van der Waals surface area contributed by atoms with Gasteiger partial charge in [0.15, 0.2) is 22.7 Å². The van der Waals surface area contributed by atoms with Crippen molar-refractivity contribution in [3.63, 3.8) is 0 Å². The second kappa shape index (κ2) is 8.85. The summed E-state index contributed by atoms with van der Waals surface area (Å²) in [6.45, 7) is 2.67. The molecule has 0 spiro atoms. The van der Waals surface area contributed by atoms with Crippen LogP contribution in [0, 0.1) is 25.5 Å². The fourth-order valence-electron chi connectivity index (χ4n) is 3.63. The molecule has 0 atom stereocenters. The first-order valence-corrected chi connectivity index (χ1v) is 9.93. The normalized spacial score (nSPS) is 11.5. The number of halogens is 5. The average Bonchev–Trinajstić information content (AvgIpc) is 3.29. The van der Waals surface area contributed by atoms with E-state index in [1.165, 1.54) is 19.4 Å². The molecule has 0 aliphatic rings. The number of alkyl halides is 3. The third kappa shape index (κ3) is 4.34. The summed E-state index contributed by atoms with van der Waals surface area (Å²) in [6, 6.07) is 2.88. The lowest BCUT2D eigenvalue weighted by Gasteiger charge is -2.19. The van der Waals surface area contributed by atoms with Crippen LogP contribution in [0.3, 0.4) is 0 Å². The Labute approximate surface area is 194 Å². The van der Waals surface area contributed by atoms with Crippen LogP contribution >= 0.6 is 0 Å². The minimum absolute atomic E-state index is 0.0285. The minimum atomic E-state index is -4.82. The predicted molar refractivity (Wildman–Crippen MR) is 113 cm³/mol. The van der Waals surface area contributed by atoms with E-state index in [-0.39, 0.29) is 45.5 Å². The van der Waals surface area contributed by atoms with Gasteiger partial charge in [0.2, 0.25) is 17.5 Å². The molecule has 3 heterocycles. The Hall–Kier alpha value is -4.22. The van der Waals surface area contributed by atoms with Gasteiger partial charge in [-0.25, -0.2) is 14.4 Å². The van der Waals surface area contributed by atoms with E-state index in [9.17, 15) is 26.7 Å². The molecule has 0 bridgehead atoms. The number of nitrogens with zero attached hydrogens (tertiary/aromatic N) is 2. The largest absolute Gasteiger partial charge is 0.490 e. The van der Waals surface area contributed by atoms with E-state index in [4.69, 9.17) is 13.9 Å². The summed E-state index contributed by atoms with van der Waals surface area (Å²) in [7, 11) is 1.07. The van der Waals surface area contributed by atoms with Gasteiger partial charge < -0.3 is 18.9 Å². The number of H-pyrrole nitrogens is 1. The van der Waals surface area contributed by atoms with Crippen LogP contribution in [0.5, 0.6) is 17.2 Å². The molecule has 0 saturated heterocycles. The summed E-state index contributed by atoms with van der Waals surface area (Å²) in [5.41, 5.74) is -2.02. The SMILES string of the molecule is COc1c(Oc2cnc(C(F)(F)F)c(C)c2-c2cc(=O)c(-c3ncco3)c(C)[nH]2)ccc(F)c1F. The summed E-state index contributed by atoms with van der Waals surface area (Å²) in [4.78, 5) is 23.1. The molecule has 0 unspecified atom stereocenters. The molecule has 0 aliphatic heterocycles. The minimum Gasteiger partial charge on any atom is -0.490 e. The van der Waals surface area contributed by atoms with Gasteiger partial charge in [0.25, 0.3) is 0 Å². The highest BCUT2D eigenvalue weighted by Crippen LogP contribution is 2.43. The van der Waals surface area contributed by atoms with E-state index < -0.39 is 34.7 Å². The number of nitrogens with one attached hydrogen (secondary N) is 1. The molecular formula is C23H16F5N3O4. The first-order chi connectivity index (χ1) is 16.5. The number of aromatic amines is 1. The molecule has 12 heteroatoms. The quantitative estimate of drug-likeness (QED) is 0.353. The van der Waals surface area contributed by atoms with Crippen LogP contribution in [0.4, 0.5) is 22.0 Å². The highest BCUT2D eigenvalue weighted by atomic mass is 19.4. The standard InChI is InChI=1S/C23H16F5N3O4/c1-10-17(13-8-14(32)18(11(2)31-13)22-29-6-7-34-22)16(9-30-21(10)23(26,27)28)35-15-5-4-12(24)19(25)20(15)33-3/h4-9H,1-3H3,(H,31,32). The van der Waals surface area contributed by atoms with Crippen LogP contribution < -0.4 is 14.9 Å². The average molecular weight is 493 g/mol. The summed E-state index contributed by atoms with van der Waals surface area (Å²) < 4.78 is 84.3. The third-order valence-electron chi connectivity index (χ3n) is 5.13. The third-order valence-corrected chi connectivity index (χ3v) is 5.13. The van der Waals surface area contributed by atoms with Gasteiger partial charge in [-0.05, 0) is 31.5 Å². The molecule has 4 rings (SSSR count). The highest BCUT2D eigenvalue weighted by molar-refractivity contribution is 5.74. The van der Waals surface area contributed by atoms with Crippen molar-refractivity contribution >= 4 is 0 Å². The zero-order valence-corrected chi connectivity index (χ0v) is 18.4. The number of oxazole rings is 1. The first kappa shape index (κ1) is 23.9. The number of aromatic nitrogens is 3. The van der Waals surface area contributed by atoms with Crippen molar-refractivity contribution in [1.29, 1.82) is 0 Å². The van der Waals surface area contributed by atoms with Gasteiger partial charge in [-0.2, -0.15) is 17.6 Å². The Kier molecular flexibility index (Phi) is 6.05. The Bertz CT molecular complexity index is 1460. The smallest absolute Gasteiger partial charge is 0.433 e. The van der Waals surface area contributed by atoms with E-state index in [0.29, 0.717) is 0 Å². The number of hydrogen-bond donors (Lipinski definition) is 1. The second-order valence-electron chi connectivity index (χ2n) is 7.35. The second-order valence-corrected chi connectivity index (χ2v) is 7.35. The van der Waals surface area contributed by atoms with Crippen LogP contribution in [-0.4, -0.2) is 22.1 Å². The van der Waals surface area contributed by atoms with Crippen molar-refractivity contribution in [2.75, 3.05) is 7.11 Å². The van der Waals surface area contributed by atoms with Gasteiger partial charge in [0.05, 0.1) is 25.2 Å². The van der Waals surface area contributed by atoms with Crippen molar-refractivity contribution in [3.05, 3.63) is 75.7 Å². The number of hydrogen-bond acceptors (Lipinski definition) is 6. The van der Waals surface area contributed by atoms with Gasteiger partial charge in [0, 0.05) is 17.3 Å². The van der Waals surface area contributed by atoms with Gasteiger partial charge in [-0.1, -0.05) is 0 Å². The van der Waals surface area contributed by atoms with Crippen molar-refractivity contribution in [1.82, 2.24) is 15.0 Å². The Morgan fingerprint density at radius 3 is 2.40 bits per heavy atom. The maximum absolute atomic E-state index is 14.2. The lowest BCUT2D eigenvalue weighted by atomic mass is 10.0. The highest BCUT2D eigenvalue weighted by Gasteiger charge is 2.36. The number of benzene rings is 1. The molecule has 0 radical (unpaired) electrons. The summed E-state index contributed by atoms with van der Waals surface area (Å²) >= 11 is 0. The van der Waals surface area contributed by atoms with Crippen molar-refractivity contribution in [3.8, 4) is 40.0 Å². The number of rotatable bonds is 5. The van der Waals surface area contributed by atoms with Gasteiger partial charge in [0.1, 0.15) is 17.5 Å². The summed E-state index contributed by atoms with van der Waals surface area (Å²) in [6.07, 6.45) is -1.43. The molecule has 0 saturated carbocycles. The maximum atomic E-state index is 14.2. The van der Waals surface area contributed by atoms with Crippen molar-refractivity contribution < 1.29 is 35.8 Å². The molecule has 0 fully saturated rings. The van der Waals surface area contributed by atoms with E-state index >= 15 is 0 Å². The lowest BCUT2D eigenvalue weighted by Crippen LogP contribution is -2.14.